The van der Waals surface area contributed by atoms with E-state index in [2.05, 4.69) is 27.4 Å². The molecule has 0 spiro atoms. The fraction of sp³-hybridized carbons (Fsp3) is 0.667. The lowest BCUT2D eigenvalue weighted by atomic mass is 10.0. The topological polar surface area (TPSA) is 26.3 Å². The first-order chi connectivity index (χ1) is 7.99. The highest BCUT2D eigenvalue weighted by molar-refractivity contribution is 5.69. The molecule has 0 aliphatic heterocycles. The number of unbranched alkanes of at least 4 members (excludes halogenated alkanes) is 2. The highest BCUT2D eigenvalue weighted by atomic mass is 16.5. The van der Waals surface area contributed by atoms with Crippen LogP contribution in [0.4, 0.5) is 0 Å². The van der Waals surface area contributed by atoms with Gasteiger partial charge < -0.3 is 4.74 Å². The average Bonchev–Trinajstić information content (AvgIpc) is 2.23. The van der Waals surface area contributed by atoms with Crippen molar-refractivity contribution in [1.82, 2.24) is 0 Å². The summed E-state index contributed by atoms with van der Waals surface area (Å²) >= 11 is 0. The van der Waals surface area contributed by atoms with Gasteiger partial charge in [-0.1, -0.05) is 37.5 Å². The summed E-state index contributed by atoms with van der Waals surface area (Å²) in [5.41, 5.74) is 3.53. The smallest absolute Gasteiger partial charge is 0.305 e. The lowest BCUT2D eigenvalue weighted by molar-refractivity contribution is -0.143. The first-order valence-corrected chi connectivity index (χ1v) is 6.46. The van der Waals surface area contributed by atoms with Gasteiger partial charge >= 0.3 is 5.97 Å². The van der Waals surface area contributed by atoms with Gasteiger partial charge in [-0.15, -0.1) is 0 Å². The molecule has 0 saturated carbocycles. The molecule has 0 atom stereocenters. The van der Waals surface area contributed by atoms with Crippen LogP contribution in [0.25, 0.3) is 0 Å². The van der Waals surface area contributed by atoms with E-state index in [1.807, 2.05) is 6.92 Å². The summed E-state index contributed by atoms with van der Waals surface area (Å²) < 4.78 is 5.21. The van der Waals surface area contributed by atoms with Crippen molar-refractivity contribution in [3.8, 4) is 0 Å². The van der Waals surface area contributed by atoms with Gasteiger partial charge in [-0.25, -0.2) is 0 Å². The third-order valence-electron chi connectivity index (χ3n) is 2.72. The lowest BCUT2D eigenvalue weighted by Gasteiger charge is -2.10. The summed E-state index contributed by atoms with van der Waals surface area (Å²) in [5, 5.41) is 0. The van der Waals surface area contributed by atoms with Crippen molar-refractivity contribution in [1.29, 1.82) is 0 Å². The normalized spacial score (nSPS) is 9.88. The third kappa shape index (κ3) is 7.78. The minimum absolute atomic E-state index is 0.0757. The van der Waals surface area contributed by atoms with Crippen LogP contribution in [0.3, 0.4) is 0 Å². The van der Waals surface area contributed by atoms with Crippen molar-refractivity contribution in [3.05, 3.63) is 23.3 Å². The van der Waals surface area contributed by atoms with E-state index in [-0.39, 0.29) is 5.97 Å². The highest BCUT2D eigenvalue weighted by Gasteiger charge is 2.05. The summed E-state index contributed by atoms with van der Waals surface area (Å²) in [5.74, 6) is -0.0757. The molecule has 0 saturated heterocycles. The Kier molecular flexibility index (Phi) is 8.47. The second kappa shape index (κ2) is 9.03. The zero-order valence-corrected chi connectivity index (χ0v) is 11.8. The van der Waals surface area contributed by atoms with Crippen molar-refractivity contribution in [2.24, 2.45) is 0 Å². The molecule has 0 amide bonds. The maximum absolute atomic E-state index is 11.4. The van der Waals surface area contributed by atoms with E-state index in [9.17, 15) is 4.79 Å². The highest BCUT2D eigenvalue weighted by Crippen LogP contribution is 2.16. The molecule has 0 heterocycles. The molecular weight excluding hydrogens is 212 g/mol. The molecule has 98 valence electrons. The summed E-state index contributed by atoms with van der Waals surface area (Å²) in [6.07, 6.45) is 4.48. The van der Waals surface area contributed by atoms with Gasteiger partial charge in [0.1, 0.15) is 0 Å². The van der Waals surface area contributed by atoms with E-state index in [1.54, 1.807) is 0 Å². The molecule has 2 nitrogen and oxygen atoms in total. The summed E-state index contributed by atoms with van der Waals surface area (Å²) in [7, 11) is 0. The van der Waals surface area contributed by atoms with Crippen molar-refractivity contribution >= 4 is 5.97 Å². The number of ether oxygens (including phenoxy) is 1. The van der Waals surface area contributed by atoms with Gasteiger partial charge in [0, 0.05) is 12.8 Å². The van der Waals surface area contributed by atoms with Gasteiger partial charge in [0.15, 0.2) is 0 Å². The molecule has 0 radical (unpaired) electrons. The molecule has 0 aliphatic carbocycles. The van der Waals surface area contributed by atoms with Crippen LogP contribution in [0.5, 0.6) is 0 Å². The second-order valence-electron chi connectivity index (χ2n) is 4.69. The van der Waals surface area contributed by atoms with Crippen molar-refractivity contribution < 1.29 is 9.53 Å². The van der Waals surface area contributed by atoms with E-state index < -0.39 is 0 Å². The van der Waals surface area contributed by atoms with E-state index in [0.29, 0.717) is 13.0 Å². The Morgan fingerprint density at radius 3 is 2.24 bits per heavy atom. The quantitative estimate of drug-likeness (QED) is 0.355. The minimum Gasteiger partial charge on any atom is -0.465 e. The first kappa shape index (κ1) is 16.0. The molecular formula is C15H26O2. The maximum atomic E-state index is 11.4. The number of carbonyl (C=O) groups is 1. The molecule has 0 rings (SSSR count). The Hall–Kier alpha value is -1.05. The number of hydrogen-bond donors (Lipinski definition) is 0. The van der Waals surface area contributed by atoms with E-state index in [4.69, 9.17) is 4.74 Å². The van der Waals surface area contributed by atoms with Crippen LogP contribution in [0, 0.1) is 0 Å². The van der Waals surface area contributed by atoms with Gasteiger partial charge in [-0.3, -0.25) is 4.79 Å². The Balaban J connectivity index is 3.86. The van der Waals surface area contributed by atoms with Gasteiger partial charge in [0.05, 0.1) is 6.61 Å². The van der Waals surface area contributed by atoms with Crippen LogP contribution < -0.4 is 0 Å². The predicted octanol–water partition coefficient (Wildman–Crippen LogP) is 4.41. The fourth-order valence-corrected chi connectivity index (χ4v) is 1.75. The van der Waals surface area contributed by atoms with Crippen LogP contribution in [0.1, 0.15) is 59.8 Å². The molecule has 0 N–H and O–H groups in total. The Labute approximate surface area is 106 Å². The first-order valence-electron chi connectivity index (χ1n) is 6.46. The number of allylic oxidation sites excluding steroid dienone is 2. The lowest BCUT2D eigenvalue weighted by Crippen LogP contribution is -2.07. The number of hydrogen-bond acceptors (Lipinski definition) is 2. The molecule has 0 aromatic rings. The minimum atomic E-state index is -0.0757. The Bertz CT molecular complexity index is 283. The van der Waals surface area contributed by atoms with E-state index >= 15 is 0 Å². The molecule has 2 heteroatoms. The maximum Gasteiger partial charge on any atom is 0.305 e. The van der Waals surface area contributed by atoms with Crippen LogP contribution in [0.2, 0.25) is 0 Å². The summed E-state index contributed by atoms with van der Waals surface area (Å²) in [6, 6.07) is 0. The van der Waals surface area contributed by atoms with E-state index in [1.165, 1.54) is 11.1 Å². The summed E-state index contributed by atoms with van der Waals surface area (Å²) in [6.45, 7) is 12.6. The monoisotopic (exact) mass is 238 g/mol. The largest absolute Gasteiger partial charge is 0.465 e. The van der Waals surface area contributed by atoms with Gasteiger partial charge in [0.2, 0.25) is 0 Å². The van der Waals surface area contributed by atoms with E-state index in [0.717, 1.165) is 31.3 Å². The second-order valence-corrected chi connectivity index (χ2v) is 4.69. The van der Waals surface area contributed by atoms with Gasteiger partial charge in [-0.2, -0.15) is 0 Å². The average molecular weight is 238 g/mol. The number of esters is 1. The predicted molar refractivity (Wildman–Crippen MR) is 72.9 cm³/mol. The Morgan fingerprint density at radius 1 is 1.12 bits per heavy atom. The molecule has 0 bridgehead atoms. The number of carbonyl (C=O) groups excluding carboxylic acids is 1. The van der Waals surface area contributed by atoms with Crippen LogP contribution in [-0.4, -0.2) is 12.6 Å². The van der Waals surface area contributed by atoms with Crippen molar-refractivity contribution in [3.63, 3.8) is 0 Å². The molecule has 0 aromatic heterocycles. The van der Waals surface area contributed by atoms with Crippen molar-refractivity contribution in [2.75, 3.05) is 6.61 Å². The fourth-order valence-electron chi connectivity index (χ4n) is 1.75. The Morgan fingerprint density at radius 2 is 1.76 bits per heavy atom. The molecule has 0 fully saturated rings. The zero-order chi connectivity index (χ0) is 13.3. The van der Waals surface area contributed by atoms with Crippen LogP contribution in [-0.2, 0) is 9.53 Å². The molecule has 0 unspecified atom stereocenters. The molecule has 0 aliphatic rings. The SMILES string of the molecule is C=C(C)C(CCOC(=O)CCCCC)=C(C)C. The van der Waals surface area contributed by atoms with Gasteiger partial charge in [0.25, 0.3) is 0 Å². The van der Waals surface area contributed by atoms with Crippen molar-refractivity contribution in [2.45, 2.75) is 59.8 Å². The molecule has 17 heavy (non-hydrogen) atoms. The van der Waals surface area contributed by atoms with Gasteiger partial charge in [-0.05, 0) is 32.8 Å². The number of rotatable bonds is 8. The van der Waals surface area contributed by atoms with Crippen LogP contribution in [0.15, 0.2) is 23.3 Å². The van der Waals surface area contributed by atoms with Crippen LogP contribution >= 0.6 is 0 Å². The standard InChI is InChI=1S/C15H26O2/c1-6-7-8-9-15(16)17-11-10-14(12(2)3)13(4)5/h2,6-11H2,1,3-5H3. The third-order valence-corrected chi connectivity index (χ3v) is 2.72. The zero-order valence-electron chi connectivity index (χ0n) is 11.8. The molecule has 0 aromatic carbocycles. The summed E-state index contributed by atoms with van der Waals surface area (Å²) in [4.78, 5) is 11.4.